The van der Waals surface area contributed by atoms with Gasteiger partial charge in [-0.3, -0.25) is 9.59 Å². The first kappa shape index (κ1) is 72.4. The second-order valence-corrected chi connectivity index (χ2v) is 20.9. The van der Waals surface area contributed by atoms with Gasteiger partial charge in [-0.25, -0.2) is 0 Å². The highest BCUT2D eigenvalue weighted by Crippen LogP contribution is 2.38. The third kappa shape index (κ3) is 21.3. The summed E-state index contributed by atoms with van der Waals surface area (Å²) < 4.78 is 40.0. The Kier molecular flexibility index (Phi) is 30.5. The van der Waals surface area contributed by atoms with Crippen molar-refractivity contribution in [1.29, 1.82) is 0 Å². The van der Waals surface area contributed by atoms with E-state index in [0.717, 1.165) is 83.7 Å². The summed E-state index contributed by atoms with van der Waals surface area (Å²) in [5.74, 6) is 3.97. The van der Waals surface area contributed by atoms with Gasteiger partial charge in [0.2, 0.25) is 0 Å². The lowest BCUT2D eigenvalue weighted by molar-refractivity contribution is 0.0914. The molecule has 8 rings (SSSR count). The number of ether oxygens (including phenoxy) is 7. The second-order valence-electron chi connectivity index (χ2n) is 20.9. The summed E-state index contributed by atoms with van der Waals surface area (Å²) in [6, 6.07) is 63.0. The number of carbonyl (C=O) groups excluding carboxylic acids is 2. The van der Waals surface area contributed by atoms with Crippen molar-refractivity contribution < 1.29 is 47.9 Å². The average molecular weight is 1210 g/mol. The number of phenolic OH excluding ortho intramolecular Hbond substituents is 1. The zero-order chi connectivity index (χ0) is 61.2. The summed E-state index contributed by atoms with van der Waals surface area (Å²) in [4.78, 5) is 29.9. The first-order chi connectivity index (χ1) is 41.8. The molecule has 472 valence electrons. The van der Waals surface area contributed by atoms with Gasteiger partial charge in [-0.05, 0) is 188 Å². The molecule has 0 bridgehead atoms. The molecule has 0 radical (unpaired) electrons. The molecule has 0 saturated heterocycles. The van der Waals surface area contributed by atoms with E-state index < -0.39 is 0 Å². The van der Waals surface area contributed by atoms with Crippen LogP contribution in [0.2, 0.25) is 0 Å². The second kappa shape index (κ2) is 37.6. The number of aromatic hydroxyl groups is 1. The van der Waals surface area contributed by atoms with Crippen molar-refractivity contribution in [3.8, 4) is 46.0 Å². The van der Waals surface area contributed by atoms with Crippen molar-refractivity contribution in [1.82, 2.24) is 9.80 Å². The number of phenols is 1. The molecule has 0 spiro atoms. The first-order valence-corrected chi connectivity index (χ1v) is 29.4. The number of hydrogen-bond donors (Lipinski definition) is 1. The Morgan fingerprint density at radius 3 is 1.08 bits per heavy atom. The van der Waals surface area contributed by atoms with Gasteiger partial charge >= 0.3 is 0 Å². The SMILES string of the molecule is C.C.C.CCC(=C(c1ccc(OCCN(C)C)cc1)c1ccc(OCC(=O)c2ccc(O)c(OC)c2)cc1)c1ccccc1.CCCCOc1ccc(C(=O)COc2ccc(C(=C(CC)c3ccccc3)c3ccc(OCCN(C)C)cc3)cc2)cc1OC. The van der Waals surface area contributed by atoms with E-state index in [0.29, 0.717) is 53.9 Å². The van der Waals surface area contributed by atoms with Gasteiger partial charge in [0.05, 0.1) is 20.8 Å². The van der Waals surface area contributed by atoms with Gasteiger partial charge in [-0.1, -0.05) is 159 Å². The molecule has 0 saturated carbocycles. The van der Waals surface area contributed by atoms with E-state index in [1.165, 1.54) is 41.5 Å². The Balaban J connectivity index is 0.000000369. The van der Waals surface area contributed by atoms with E-state index in [2.05, 4.69) is 116 Å². The van der Waals surface area contributed by atoms with Crippen molar-refractivity contribution in [3.63, 3.8) is 0 Å². The van der Waals surface area contributed by atoms with Crippen LogP contribution in [0.15, 0.2) is 194 Å². The molecule has 1 N–H and O–H groups in total. The molecule has 0 amide bonds. The summed E-state index contributed by atoms with van der Waals surface area (Å²) in [7, 11) is 11.2. The number of ketones is 2. The lowest BCUT2D eigenvalue weighted by Gasteiger charge is -2.17. The van der Waals surface area contributed by atoms with Crippen LogP contribution in [0, 0.1) is 0 Å². The van der Waals surface area contributed by atoms with E-state index in [1.54, 1.807) is 31.4 Å². The van der Waals surface area contributed by atoms with Crippen molar-refractivity contribution >= 4 is 33.9 Å². The Labute approximate surface area is 530 Å². The molecular weight excluding hydrogens is 1110 g/mol. The zero-order valence-corrected chi connectivity index (χ0v) is 51.3. The van der Waals surface area contributed by atoms with Crippen LogP contribution in [0.3, 0.4) is 0 Å². The van der Waals surface area contributed by atoms with Crippen LogP contribution >= 0.6 is 0 Å². The zero-order valence-electron chi connectivity index (χ0n) is 51.3. The number of benzene rings is 8. The summed E-state index contributed by atoms with van der Waals surface area (Å²) in [5.41, 5.74) is 12.4. The van der Waals surface area contributed by atoms with E-state index in [-0.39, 0.29) is 58.6 Å². The highest BCUT2D eigenvalue weighted by molar-refractivity contribution is 6.01. The molecule has 0 fully saturated rings. The number of nitrogens with zero attached hydrogens (tertiary/aromatic N) is 2. The summed E-state index contributed by atoms with van der Waals surface area (Å²) in [6.07, 6.45) is 3.71. The van der Waals surface area contributed by atoms with Gasteiger partial charge in [0.1, 0.15) is 36.2 Å². The fourth-order valence-corrected chi connectivity index (χ4v) is 9.53. The molecule has 0 atom stereocenters. The minimum absolute atomic E-state index is 0. The first-order valence-electron chi connectivity index (χ1n) is 29.4. The maximum Gasteiger partial charge on any atom is 0.200 e. The summed E-state index contributed by atoms with van der Waals surface area (Å²) in [5, 5.41) is 9.79. The smallest absolute Gasteiger partial charge is 0.200 e. The lowest BCUT2D eigenvalue weighted by atomic mass is 9.88. The van der Waals surface area contributed by atoms with Crippen molar-refractivity contribution in [2.45, 2.75) is 68.7 Å². The van der Waals surface area contributed by atoms with Gasteiger partial charge in [0.15, 0.2) is 47.8 Å². The monoisotopic (exact) mass is 1210 g/mol. The van der Waals surface area contributed by atoms with Crippen LogP contribution in [-0.2, 0) is 0 Å². The Hall–Kier alpha value is -9.10. The number of likely N-dealkylation sites (N-methyl/N-ethyl adjacent to an activating group) is 2. The third-order valence-electron chi connectivity index (χ3n) is 14.2. The molecule has 8 aromatic carbocycles. The molecule has 0 aromatic heterocycles. The van der Waals surface area contributed by atoms with Crippen LogP contribution in [0.25, 0.3) is 22.3 Å². The van der Waals surface area contributed by atoms with Gasteiger partial charge in [-0.2, -0.15) is 0 Å². The Bertz CT molecular complexity index is 3450. The van der Waals surface area contributed by atoms with Gasteiger partial charge in [0, 0.05) is 24.2 Å². The molecule has 0 heterocycles. The minimum atomic E-state index is -0.210. The fraction of sp³-hybridized carbons (Fsp3) is 0.299. The summed E-state index contributed by atoms with van der Waals surface area (Å²) in [6.45, 7) is 9.83. The van der Waals surface area contributed by atoms with Crippen molar-refractivity contribution in [3.05, 3.63) is 239 Å². The summed E-state index contributed by atoms with van der Waals surface area (Å²) >= 11 is 0. The molecule has 89 heavy (non-hydrogen) atoms. The van der Waals surface area contributed by atoms with Crippen LogP contribution in [-0.4, -0.2) is 115 Å². The maximum absolute atomic E-state index is 13.0. The minimum Gasteiger partial charge on any atom is -0.504 e. The van der Waals surface area contributed by atoms with Crippen molar-refractivity contribution in [2.24, 2.45) is 0 Å². The normalized spacial score (nSPS) is 11.2. The van der Waals surface area contributed by atoms with Crippen LogP contribution < -0.4 is 33.2 Å². The van der Waals surface area contributed by atoms with Crippen molar-refractivity contribution in [2.75, 3.05) is 88.5 Å². The number of unbranched alkanes of at least 4 members (excludes halogenated alkanes) is 1. The highest BCUT2D eigenvalue weighted by Gasteiger charge is 2.18. The molecular formula is C77H94N2O10. The number of carbonyl (C=O) groups is 2. The molecule has 0 aliphatic rings. The standard InChI is InChI=1S/C39H45NO5.C35H37NO5.3CH4/c1-6-8-25-44-37-23-18-32(27-38(37)42-5)36(41)28-45-34-21-16-31(17-22-34)39(35(7-2)29-12-10-9-11-13-29)30-14-19-33(20-15-30)43-26-24-40(3)4;1-5-31(25-9-7-6-8-10-25)35(26-11-16-29(17-12-26)40-22-21-36(2)3)27-13-18-30(19-14-27)41-24-33(38)28-15-20-32(37)34(23-28)39-4;;;/h9-23,27H,6-8,24-26,28H2,1-5H3;6-20,23,37H,5,21-22,24H2,1-4H3;3*1H4. The average Bonchev–Trinajstić information content (AvgIpc) is 1.86. The number of allylic oxidation sites excluding steroid dienone is 2. The van der Waals surface area contributed by atoms with Gasteiger partial charge in [0.25, 0.3) is 0 Å². The Morgan fingerprint density at radius 1 is 0.382 bits per heavy atom. The van der Waals surface area contributed by atoms with Crippen LogP contribution in [0.1, 0.15) is 123 Å². The van der Waals surface area contributed by atoms with Crippen LogP contribution in [0.4, 0.5) is 0 Å². The molecule has 12 nitrogen and oxygen atoms in total. The Morgan fingerprint density at radius 2 is 0.730 bits per heavy atom. The number of rotatable bonds is 30. The fourth-order valence-electron chi connectivity index (χ4n) is 9.53. The lowest BCUT2D eigenvalue weighted by Crippen LogP contribution is -2.19. The molecule has 0 aliphatic heterocycles. The number of hydrogen-bond acceptors (Lipinski definition) is 12. The van der Waals surface area contributed by atoms with E-state index in [1.807, 2.05) is 101 Å². The molecule has 0 unspecified atom stereocenters. The third-order valence-corrected chi connectivity index (χ3v) is 14.2. The maximum atomic E-state index is 13.0. The molecule has 12 heteroatoms. The molecule has 8 aromatic rings. The van der Waals surface area contributed by atoms with E-state index >= 15 is 0 Å². The predicted octanol–water partition coefficient (Wildman–Crippen LogP) is 17.3. The number of Topliss-reactive ketones (excluding diaryl/α,β-unsaturated/α-hetero) is 2. The van der Waals surface area contributed by atoms with E-state index in [9.17, 15) is 14.7 Å². The topological polar surface area (TPSA) is 125 Å². The largest absolute Gasteiger partial charge is 0.504 e. The predicted molar refractivity (Wildman–Crippen MR) is 367 cm³/mol. The van der Waals surface area contributed by atoms with E-state index in [4.69, 9.17) is 33.2 Å². The quantitative estimate of drug-likeness (QED) is 0.0262. The van der Waals surface area contributed by atoms with Crippen LogP contribution in [0.5, 0.6) is 46.0 Å². The number of methoxy groups -OCH3 is 2. The van der Waals surface area contributed by atoms with Gasteiger partial charge < -0.3 is 48.1 Å². The highest BCUT2D eigenvalue weighted by atomic mass is 16.5. The van der Waals surface area contributed by atoms with Gasteiger partial charge in [-0.15, -0.1) is 0 Å². The molecule has 0 aliphatic carbocycles.